The third kappa shape index (κ3) is 6.07. The molecule has 0 aliphatic carbocycles. The number of nitrogens with one attached hydrogen (secondary N) is 1. The van der Waals surface area contributed by atoms with Crippen LogP contribution in [0.4, 0.5) is 4.39 Å². The fourth-order valence-corrected chi connectivity index (χ4v) is 3.00. The Kier molecular flexibility index (Phi) is 7.80. The maximum atomic E-state index is 13.2. The molecule has 6 heteroatoms. The summed E-state index contributed by atoms with van der Waals surface area (Å²) in [6.45, 7) is 4.44. The number of rotatable bonds is 8. The van der Waals surface area contributed by atoms with Gasteiger partial charge in [0.25, 0.3) is 0 Å². The van der Waals surface area contributed by atoms with Crippen molar-refractivity contribution in [2.75, 3.05) is 6.54 Å². The molecule has 0 heterocycles. The SMILES string of the molecule is CCNC(=O)C(CC)N(Cc1ccc(F)cc1)C(=O)Cc1ccc(Cl)cc1. The van der Waals surface area contributed by atoms with Gasteiger partial charge in [-0.2, -0.15) is 0 Å². The lowest BCUT2D eigenvalue weighted by Gasteiger charge is -2.30. The van der Waals surface area contributed by atoms with E-state index >= 15 is 0 Å². The minimum absolute atomic E-state index is 0.161. The van der Waals surface area contributed by atoms with Crippen molar-refractivity contribution in [3.63, 3.8) is 0 Å². The van der Waals surface area contributed by atoms with Gasteiger partial charge in [0.15, 0.2) is 0 Å². The van der Waals surface area contributed by atoms with Gasteiger partial charge in [-0.3, -0.25) is 9.59 Å². The summed E-state index contributed by atoms with van der Waals surface area (Å²) < 4.78 is 13.2. The van der Waals surface area contributed by atoms with Gasteiger partial charge >= 0.3 is 0 Å². The Morgan fingerprint density at radius 1 is 1.04 bits per heavy atom. The van der Waals surface area contributed by atoms with Crippen molar-refractivity contribution in [2.45, 2.75) is 39.3 Å². The van der Waals surface area contributed by atoms with Crippen molar-refractivity contribution in [1.82, 2.24) is 10.2 Å². The van der Waals surface area contributed by atoms with E-state index in [1.165, 1.54) is 12.1 Å². The van der Waals surface area contributed by atoms with Crippen molar-refractivity contribution >= 4 is 23.4 Å². The van der Waals surface area contributed by atoms with Crippen LogP contribution >= 0.6 is 11.6 Å². The Balaban J connectivity index is 2.25. The molecule has 0 aliphatic heterocycles. The molecule has 144 valence electrons. The summed E-state index contributed by atoms with van der Waals surface area (Å²) in [6, 6.07) is 12.4. The monoisotopic (exact) mass is 390 g/mol. The average Bonchev–Trinajstić information content (AvgIpc) is 2.65. The van der Waals surface area contributed by atoms with Crippen molar-refractivity contribution < 1.29 is 14.0 Å². The highest BCUT2D eigenvalue weighted by Crippen LogP contribution is 2.16. The zero-order valence-electron chi connectivity index (χ0n) is 15.5. The van der Waals surface area contributed by atoms with E-state index in [-0.39, 0.29) is 30.6 Å². The minimum Gasteiger partial charge on any atom is -0.355 e. The Morgan fingerprint density at radius 2 is 1.63 bits per heavy atom. The summed E-state index contributed by atoms with van der Waals surface area (Å²) in [7, 11) is 0. The highest BCUT2D eigenvalue weighted by molar-refractivity contribution is 6.30. The van der Waals surface area contributed by atoms with Crippen LogP contribution in [0.25, 0.3) is 0 Å². The number of likely N-dealkylation sites (N-methyl/N-ethyl adjacent to an activating group) is 1. The lowest BCUT2D eigenvalue weighted by molar-refractivity contribution is -0.140. The van der Waals surface area contributed by atoms with E-state index in [0.29, 0.717) is 18.0 Å². The normalized spacial score (nSPS) is 11.7. The zero-order valence-corrected chi connectivity index (χ0v) is 16.3. The number of amides is 2. The molecule has 0 spiro atoms. The molecule has 1 unspecified atom stereocenters. The summed E-state index contributed by atoms with van der Waals surface area (Å²) in [4.78, 5) is 27.1. The van der Waals surface area contributed by atoms with Crippen LogP contribution in [-0.4, -0.2) is 29.3 Å². The van der Waals surface area contributed by atoms with Gasteiger partial charge in [-0.05, 0) is 48.7 Å². The molecule has 1 atom stereocenters. The molecule has 2 aromatic carbocycles. The smallest absolute Gasteiger partial charge is 0.242 e. The standard InChI is InChI=1S/C21H24ClFN2O2/c1-3-19(21(27)24-4-2)25(14-16-7-11-18(23)12-8-16)20(26)13-15-5-9-17(22)10-6-15/h5-12,19H,3-4,13-14H2,1-2H3,(H,24,27). The first kappa shape index (κ1) is 20.9. The number of halogens is 2. The second kappa shape index (κ2) is 10.1. The van der Waals surface area contributed by atoms with Crippen molar-refractivity contribution in [3.05, 3.63) is 70.5 Å². The third-order valence-corrected chi connectivity index (χ3v) is 4.52. The molecule has 4 nitrogen and oxygen atoms in total. The molecule has 0 radical (unpaired) electrons. The molecular formula is C21H24ClFN2O2. The third-order valence-electron chi connectivity index (χ3n) is 4.27. The number of hydrogen-bond donors (Lipinski definition) is 1. The van der Waals surface area contributed by atoms with E-state index in [2.05, 4.69) is 5.32 Å². The van der Waals surface area contributed by atoms with Gasteiger partial charge in [-0.15, -0.1) is 0 Å². The molecule has 0 aliphatic rings. The van der Waals surface area contributed by atoms with Gasteiger partial charge in [0, 0.05) is 18.1 Å². The van der Waals surface area contributed by atoms with Crippen LogP contribution in [-0.2, 0) is 22.6 Å². The van der Waals surface area contributed by atoms with Crippen LogP contribution in [0.5, 0.6) is 0 Å². The molecule has 0 saturated heterocycles. The highest BCUT2D eigenvalue weighted by Gasteiger charge is 2.28. The molecule has 2 aromatic rings. The van der Waals surface area contributed by atoms with Gasteiger partial charge in [-0.25, -0.2) is 4.39 Å². The Labute approximate surface area is 164 Å². The van der Waals surface area contributed by atoms with E-state index in [0.717, 1.165) is 11.1 Å². The molecule has 2 amide bonds. The van der Waals surface area contributed by atoms with E-state index in [1.54, 1.807) is 41.3 Å². The molecular weight excluding hydrogens is 367 g/mol. The summed E-state index contributed by atoms with van der Waals surface area (Å²) in [5.41, 5.74) is 1.59. The lowest BCUT2D eigenvalue weighted by atomic mass is 10.1. The van der Waals surface area contributed by atoms with Crippen LogP contribution in [0, 0.1) is 5.82 Å². The number of carbonyl (C=O) groups excluding carboxylic acids is 2. The molecule has 0 bridgehead atoms. The molecule has 0 fully saturated rings. The first-order valence-corrected chi connectivity index (χ1v) is 9.38. The van der Waals surface area contributed by atoms with Gasteiger partial charge in [0.05, 0.1) is 6.42 Å². The second-order valence-electron chi connectivity index (χ2n) is 6.27. The summed E-state index contributed by atoms with van der Waals surface area (Å²) in [5.74, 6) is -0.695. The van der Waals surface area contributed by atoms with Crippen LogP contribution in [0.15, 0.2) is 48.5 Å². The van der Waals surface area contributed by atoms with Crippen LogP contribution in [0.2, 0.25) is 5.02 Å². The fraction of sp³-hybridized carbons (Fsp3) is 0.333. The van der Waals surface area contributed by atoms with Crippen molar-refractivity contribution in [2.24, 2.45) is 0 Å². The maximum Gasteiger partial charge on any atom is 0.242 e. The Hall–Kier alpha value is -2.40. The predicted octanol–water partition coefficient (Wildman–Crippen LogP) is 3.97. The van der Waals surface area contributed by atoms with E-state index < -0.39 is 6.04 Å². The van der Waals surface area contributed by atoms with Crippen LogP contribution in [0.3, 0.4) is 0 Å². The second-order valence-corrected chi connectivity index (χ2v) is 6.71. The largest absolute Gasteiger partial charge is 0.355 e. The van der Waals surface area contributed by atoms with E-state index in [4.69, 9.17) is 11.6 Å². The number of benzene rings is 2. The van der Waals surface area contributed by atoms with Crippen LogP contribution < -0.4 is 5.32 Å². The van der Waals surface area contributed by atoms with Crippen molar-refractivity contribution in [1.29, 1.82) is 0 Å². The van der Waals surface area contributed by atoms with Crippen molar-refractivity contribution in [3.8, 4) is 0 Å². The average molecular weight is 391 g/mol. The minimum atomic E-state index is -0.588. The number of carbonyl (C=O) groups is 2. The fourth-order valence-electron chi connectivity index (χ4n) is 2.88. The van der Waals surface area contributed by atoms with Gasteiger partial charge in [0.1, 0.15) is 11.9 Å². The summed E-state index contributed by atoms with van der Waals surface area (Å²) in [6.07, 6.45) is 0.646. The molecule has 0 saturated carbocycles. The first-order chi connectivity index (χ1) is 12.9. The molecule has 0 aromatic heterocycles. The lowest BCUT2D eigenvalue weighted by Crippen LogP contribution is -2.49. The first-order valence-electron chi connectivity index (χ1n) is 9.00. The highest BCUT2D eigenvalue weighted by atomic mass is 35.5. The summed E-state index contributed by atoms with van der Waals surface area (Å²) >= 11 is 5.90. The zero-order chi connectivity index (χ0) is 19.8. The Morgan fingerprint density at radius 3 is 2.19 bits per heavy atom. The van der Waals surface area contributed by atoms with E-state index in [9.17, 15) is 14.0 Å². The van der Waals surface area contributed by atoms with E-state index in [1.807, 2.05) is 13.8 Å². The molecule has 27 heavy (non-hydrogen) atoms. The Bertz CT molecular complexity index is 763. The topological polar surface area (TPSA) is 49.4 Å². The number of hydrogen-bond acceptors (Lipinski definition) is 2. The van der Waals surface area contributed by atoms with Gasteiger partial charge < -0.3 is 10.2 Å². The van der Waals surface area contributed by atoms with Gasteiger partial charge in [0.2, 0.25) is 11.8 Å². The maximum absolute atomic E-state index is 13.2. The molecule has 1 N–H and O–H groups in total. The van der Waals surface area contributed by atoms with Gasteiger partial charge in [-0.1, -0.05) is 42.8 Å². The van der Waals surface area contributed by atoms with Crippen LogP contribution in [0.1, 0.15) is 31.4 Å². The predicted molar refractivity (Wildman–Crippen MR) is 105 cm³/mol. The molecule has 2 rings (SSSR count). The summed E-state index contributed by atoms with van der Waals surface area (Å²) in [5, 5.41) is 3.39. The quantitative estimate of drug-likeness (QED) is 0.741. The number of nitrogens with zero attached hydrogens (tertiary/aromatic N) is 1.